The van der Waals surface area contributed by atoms with Gasteiger partial charge in [0.05, 0.1) is 0 Å². The Morgan fingerprint density at radius 2 is 1.96 bits per heavy atom. The Kier molecular flexibility index (Phi) is 3.45. The molecule has 7 nitrogen and oxygen atoms in total. The van der Waals surface area contributed by atoms with E-state index in [9.17, 15) is 4.79 Å². The summed E-state index contributed by atoms with van der Waals surface area (Å²) < 4.78 is 5.20. The molecule has 7 heteroatoms. The Morgan fingerprint density at radius 1 is 1.12 bits per heavy atom. The highest BCUT2D eigenvalue weighted by molar-refractivity contribution is 6.05. The highest BCUT2D eigenvalue weighted by Crippen LogP contribution is 2.28. The van der Waals surface area contributed by atoms with Gasteiger partial charge in [-0.2, -0.15) is 0 Å². The van der Waals surface area contributed by atoms with Crippen LogP contribution in [-0.4, -0.2) is 21.0 Å². The van der Waals surface area contributed by atoms with Gasteiger partial charge in [-0.3, -0.25) is 10.1 Å². The number of nitrogens with two attached hydrogens (primary N) is 1. The molecule has 1 amide bonds. The fourth-order valence-corrected chi connectivity index (χ4v) is 2.90. The average molecular weight is 321 g/mol. The largest absolute Gasteiger partial charge is 0.382 e. The minimum atomic E-state index is -0.489. The van der Waals surface area contributed by atoms with Crippen molar-refractivity contribution in [1.29, 1.82) is 0 Å². The van der Waals surface area contributed by atoms with Gasteiger partial charge in [-0.05, 0) is 36.5 Å². The third kappa shape index (κ3) is 2.60. The molecule has 2 heterocycles. The maximum Gasteiger partial charge on any atom is 0.280 e. The first-order valence-corrected chi connectivity index (χ1v) is 7.67. The van der Waals surface area contributed by atoms with Gasteiger partial charge in [0, 0.05) is 24.0 Å². The molecule has 3 aromatic rings. The lowest BCUT2D eigenvalue weighted by atomic mass is 10.0. The number of carbonyl (C=O) groups excluding carboxylic acids is 1. The molecule has 24 heavy (non-hydrogen) atoms. The molecule has 4 rings (SSSR count). The topological polar surface area (TPSA) is 107 Å². The number of amides is 1. The lowest BCUT2D eigenvalue weighted by Gasteiger charge is -2.02. The van der Waals surface area contributed by atoms with Crippen molar-refractivity contribution in [2.24, 2.45) is 0 Å². The lowest BCUT2D eigenvalue weighted by molar-refractivity contribution is 0.101. The molecular weight excluding hydrogens is 306 g/mol. The maximum absolute atomic E-state index is 12.2. The summed E-state index contributed by atoms with van der Waals surface area (Å²) in [4.78, 5) is 19.9. The molecule has 0 saturated heterocycles. The second-order valence-corrected chi connectivity index (χ2v) is 5.66. The van der Waals surface area contributed by atoms with Crippen LogP contribution in [0.2, 0.25) is 0 Å². The predicted octanol–water partition coefficient (Wildman–Crippen LogP) is 2.45. The van der Waals surface area contributed by atoms with Crippen molar-refractivity contribution < 1.29 is 9.32 Å². The summed E-state index contributed by atoms with van der Waals surface area (Å²) in [6, 6.07) is 7.96. The first-order valence-electron chi connectivity index (χ1n) is 7.67. The van der Waals surface area contributed by atoms with Gasteiger partial charge in [0.2, 0.25) is 5.88 Å². The molecule has 0 saturated carbocycles. The van der Waals surface area contributed by atoms with Crippen LogP contribution in [0, 0.1) is 0 Å². The molecule has 3 N–H and O–H groups in total. The van der Waals surface area contributed by atoms with Crippen LogP contribution in [0.4, 0.5) is 11.7 Å². The van der Waals surface area contributed by atoms with E-state index in [4.69, 9.17) is 10.3 Å². The number of aryl methyl sites for hydroxylation is 2. The zero-order valence-corrected chi connectivity index (χ0v) is 12.8. The summed E-state index contributed by atoms with van der Waals surface area (Å²) in [5.74, 6) is -0.189. The minimum Gasteiger partial charge on any atom is -0.382 e. The predicted molar refractivity (Wildman–Crippen MR) is 88.4 cm³/mol. The number of nitrogens with one attached hydrogen (secondary N) is 1. The van der Waals surface area contributed by atoms with Crippen molar-refractivity contribution in [3.05, 3.63) is 53.5 Å². The van der Waals surface area contributed by atoms with Crippen molar-refractivity contribution >= 4 is 17.6 Å². The number of nitrogens with zero attached hydrogens (tertiary/aromatic N) is 3. The van der Waals surface area contributed by atoms with Crippen molar-refractivity contribution in [2.45, 2.75) is 19.3 Å². The number of hydrogen-bond acceptors (Lipinski definition) is 6. The van der Waals surface area contributed by atoms with E-state index in [2.05, 4.69) is 32.6 Å². The molecule has 120 valence electrons. The molecule has 1 aliphatic rings. The number of aromatic nitrogens is 3. The number of carbonyl (C=O) groups is 1. The van der Waals surface area contributed by atoms with Gasteiger partial charge in [-0.1, -0.05) is 17.3 Å². The zero-order chi connectivity index (χ0) is 16.5. The van der Waals surface area contributed by atoms with Crippen LogP contribution in [0.25, 0.3) is 11.3 Å². The molecule has 0 fully saturated rings. The summed E-state index contributed by atoms with van der Waals surface area (Å²) in [7, 11) is 0. The average Bonchev–Trinajstić information content (AvgIpc) is 3.23. The van der Waals surface area contributed by atoms with E-state index in [0.29, 0.717) is 5.69 Å². The molecular formula is C17H15N5O2. The summed E-state index contributed by atoms with van der Waals surface area (Å²) in [5.41, 5.74) is 10.1. The first-order chi connectivity index (χ1) is 11.7. The molecule has 1 aromatic carbocycles. The Labute approximate surface area is 137 Å². The summed E-state index contributed by atoms with van der Waals surface area (Å²) in [6.45, 7) is 0. The summed E-state index contributed by atoms with van der Waals surface area (Å²) in [6.07, 6.45) is 6.25. The van der Waals surface area contributed by atoms with E-state index in [1.165, 1.54) is 29.9 Å². The van der Waals surface area contributed by atoms with Crippen LogP contribution in [0.1, 0.15) is 28.0 Å². The highest BCUT2D eigenvalue weighted by Gasteiger charge is 2.16. The van der Waals surface area contributed by atoms with Crippen molar-refractivity contribution in [2.75, 3.05) is 11.1 Å². The second kappa shape index (κ2) is 5.77. The molecule has 0 bridgehead atoms. The van der Waals surface area contributed by atoms with Crippen LogP contribution < -0.4 is 11.1 Å². The van der Waals surface area contributed by atoms with E-state index in [1.807, 2.05) is 6.07 Å². The van der Waals surface area contributed by atoms with E-state index in [0.717, 1.165) is 18.4 Å². The van der Waals surface area contributed by atoms with Crippen LogP contribution >= 0.6 is 0 Å². The van der Waals surface area contributed by atoms with Gasteiger partial charge >= 0.3 is 0 Å². The third-order valence-corrected chi connectivity index (χ3v) is 4.08. The monoisotopic (exact) mass is 321 g/mol. The van der Waals surface area contributed by atoms with Crippen molar-refractivity contribution in [3.8, 4) is 11.3 Å². The van der Waals surface area contributed by atoms with Gasteiger partial charge in [0.15, 0.2) is 11.5 Å². The zero-order valence-electron chi connectivity index (χ0n) is 12.8. The molecule has 0 aliphatic heterocycles. The van der Waals surface area contributed by atoms with Crippen molar-refractivity contribution in [1.82, 2.24) is 15.1 Å². The standard InChI is InChI=1S/C17H15N5O2/c18-16-15(19-6-7-20-16)17(23)21-14-9-13(22-24-14)12-5-4-10-2-1-3-11(10)8-12/h4-9H,1-3H2,(H2,18,20)(H,21,23). The number of fused-ring (bicyclic) bond motifs is 1. The SMILES string of the molecule is Nc1nccnc1C(=O)Nc1cc(-c2ccc3c(c2)CCC3)no1. The van der Waals surface area contributed by atoms with E-state index >= 15 is 0 Å². The number of benzene rings is 1. The van der Waals surface area contributed by atoms with Crippen LogP contribution in [0.5, 0.6) is 0 Å². The van der Waals surface area contributed by atoms with Crippen LogP contribution in [-0.2, 0) is 12.8 Å². The molecule has 0 spiro atoms. The number of rotatable bonds is 3. The van der Waals surface area contributed by atoms with E-state index in [1.54, 1.807) is 6.07 Å². The molecule has 1 aliphatic carbocycles. The fourth-order valence-electron chi connectivity index (χ4n) is 2.90. The van der Waals surface area contributed by atoms with Crippen LogP contribution in [0.15, 0.2) is 41.2 Å². The Hall–Kier alpha value is -3.22. The lowest BCUT2D eigenvalue weighted by Crippen LogP contribution is -2.16. The molecule has 0 atom stereocenters. The Bertz CT molecular complexity index is 919. The Balaban J connectivity index is 1.55. The van der Waals surface area contributed by atoms with E-state index in [-0.39, 0.29) is 17.4 Å². The Morgan fingerprint density at radius 3 is 2.83 bits per heavy atom. The molecule has 0 radical (unpaired) electrons. The maximum atomic E-state index is 12.2. The third-order valence-electron chi connectivity index (χ3n) is 4.08. The molecule has 2 aromatic heterocycles. The highest BCUT2D eigenvalue weighted by atomic mass is 16.5. The van der Waals surface area contributed by atoms with Gasteiger partial charge < -0.3 is 10.3 Å². The first kappa shape index (κ1) is 14.4. The quantitative estimate of drug-likeness (QED) is 0.767. The number of nitrogen functional groups attached to an aromatic ring is 1. The smallest absolute Gasteiger partial charge is 0.280 e. The van der Waals surface area contributed by atoms with Crippen molar-refractivity contribution in [3.63, 3.8) is 0 Å². The van der Waals surface area contributed by atoms with Gasteiger partial charge in [-0.25, -0.2) is 9.97 Å². The number of anilines is 2. The molecule has 0 unspecified atom stereocenters. The van der Waals surface area contributed by atoms with Gasteiger partial charge in [0.25, 0.3) is 5.91 Å². The minimum absolute atomic E-state index is 0.0491. The summed E-state index contributed by atoms with van der Waals surface area (Å²) in [5, 5.41) is 6.61. The van der Waals surface area contributed by atoms with Gasteiger partial charge in [0.1, 0.15) is 5.69 Å². The second-order valence-electron chi connectivity index (χ2n) is 5.66. The van der Waals surface area contributed by atoms with Gasteiger partial charge in [-0.15, -0.1) is 0 Å². The number of hydrogen-bond donors (Lipinski definition) is 2. The summed E-state index contributed by atoms with van der Waals surface area (Å²) >= 11 is 0. The van der Waals surface area contributed by atoms with E-state index < -0.39 is 5.91 Å². The fraction of sp³-hybridized carbons (Fsp3) is 0.176. The normalized spacial score (nSPS) is 12.8. The van der Waals surface area contributed by atoms with Crippen LogP contribution in [0.3, 0.4) is 0 Å².